The smallest absolute Gasteiger partial charge is 0.339 e. The van der Waals surface area contributed by atoms with Crippen LogP contribution in [-0.2, 0) is 0 Å². The van der Waals surface area contributed by atoms with Crippen molar-refractivity contribution in [1.29, 1.82) is 0 Å². The van der Waals surface area contributed by atoms with Crippen LogP contribution < -0.4 is 11.2 Å². The van der Waals surface area contributed by atoms with E-state index in [1.54, 1.807) is 6.07 Å². The molecule has 4 rings (SSSR count). The van der Waals surface area contributed by atoms with Gasteiger partial charge in [-0.1, -0.05) is 12.8 Å². The van der Waals surface area contributed by atoms with E-state index in [1.807, 2.05) is 6.07 Å². The van der Waals surface area contributed by atoms with Crippen molar-refractivity contribution in [2.45, 2.75) is 31.6 Å². The highest BCUT2D eigenvalue weighted by Gasteiger charge is 2.21. The number of hydrogen-bond donors (Lipinski definition) is 2. The summed E-state index contributed by atoms with van der Waals surface area (Å²) in [5, 5.41) is 9.22. The first-order valence-corrected chi connectivity index (χ1v) is 7.82. The summed E-state index contributed by atoms with van der Waals surface area (Å²) in [4.78, 5) is 32.3. The summed E-state index contributed by atoms with van der Waals surface area (Å²) < 4.78 is 5.61. The predicted octanol–water partition coefficient (Wildman–Crippen LogP) is 2.67. The maximum atomic E-state index is 12.7. The first kappa shape index (κ1) is 14.6. The maximum absolute atomic E-state index is 12.7. The highest BCUT2D eigenvalue weighted by molar-refractivity contribution is 5.98. The van der Waals surface area contributed by atoms with Crippen LogP contribution in [0.1, 0.15) is 47.7 Å². The van der Waals surface area contributed by atoms with Crippen LogP contribution in [0.15, 0.2) is 27.4 Å². The molecule has 0 amide bonds. The first-order chi connectivity index (χ1) is 11.5. The molecule has 3 N–H and O–H groups in total. The number of nitrogens with two attached hydrogens (primary N) is 1. The number of rotatable bonds is 2. The van der Waals surface area contributed by atoms with Gasteiger partial charge >= 0.3 is 5.97 Å². The van der Waals surface area contributed by atoms with Crippen molar-refractivity contribution >= 4 is 34.0 Å². The molecular formula is C17H15N3O4. The fourth-order valence-corrected chi connectivity index (χ4v) is 3.31. The molecule has 7 heteroatoms. The van der Waals surface area contributed by atoms with Crippen molar-refractivity contribution in [2.24, 2.45) is 0 Å². The lowest BCUT2D eigenvalue weighted by Crippen LogP contribution is -2.11. The van der Waals surface area contributed by atoms with Gasteiger partial charge in [0.1, 0.15) is 11.4 Å². The zero-order valence-corrected chi connectivity index (χ0v) is 12.8. The molecule has 0 saturated heterocycles. The van der Waals surface area contributed by atoms with Gasteiger partial charge in [0.05, 0.1) is 5.39 Å². The van der Waals surface area contributed by atoms with E-state index in [-0.39, 0.29) is 33.4 Å². The minimum Gasteiger partial charge on any atom is -0.478 e. The molecule has 3 heterocycles. The van der Waals surface area contributed by atoms with E-state index < -0.39 is 5.97 Å². The molecule has 0 bridgehead atoms. The highest BCUT2D eigenvalue weighted by Crippen LogP contribution is 2.33. The molecule has 0 radical (unpaired) electrons. The molecule has 0 spiro atoms. The van der Waals surface area contributed by atoms with E-state index in [0.717, 1.165) is 18.5 Å². The summed E-state index contributed by atoms with van der Waals surface area (Å²) in [7, 11) is 0. The van der Waals surface area contributed by atoms with Crippen molar-refractivity contribution in [1.82, 2.24) is 9.97 Å². The minimum absolute atomic E-state index is 0.0189. The second-order valence-electron chi connectivity index (χ2n) is 6.07. The number of anilines is 1. The summed E-state index contributed by atoms with van der Waals surface area (Å²) in [6.45, 7) is 0. The number of nitrogen functional groups attached to an aromatic ring is 1. The lowest BCUT2D eigenvalue weighted by Gasteiger charge is -2.09. The predicted molar refractivity (Wildman–Crippen MR) is 88.2 cm³/mol. The van der Waals surface area contributed by atoms with Crippen LogP contribution in [0.3, 0.4) is 0 Å². The van der Waals surface area contributed by atoms with Crippen LogP contribution in [0.5, 0.6) is 0 Å². The van der Waals surface area contributed by atoms with Crippen molar-refractivity contribution in [3.63, 3.8) is 0 Å². The van der Waals surface area contributed by atoms with Gasteiger partial charge in [0.15, 0.2) is 11.1 Å². The number of fused-ring (bicyclic) bond motifs is 2. The highest BCUT2D eigenvalue weighted by atomic mass is 16.4. The molecule has 1 aliphatic rings. The van der Waals surface area contributed by atoms with E-state index in [1.165, 1.54) is 18.9 Å². The molecule has 1 saturated carbocycles. The lowest BCUT2D eigenvalue weighted by atomic mass is 10.0. The third-order valence-electron chi connectivity index (χ3n) is 4.57. The van der Waals surface area contributed by atoms with Crippen molar-refractivity contribution < 1.29 is 14.3 Å². The quantitative estimate of drug-likeness (QED) is 0.695. The Labute approximate surface area is 136 Å². The van der Waals surface area contributed by atoms with Gasteiger partial charge in [0, 0.05) is 11.6 Å². The second kappa shape index (κ2) is 5.30. The summed E-state index contributed by atoms with van der Waals surface area (Å²) >= 11 is 0. The third kappa shape index (κ3) is 2.20. The Bertz CT molecular complexity index is 1040. The summed E-state index contributed by atoms with van der Waals surface area (Å²) in [6, 6.07) is 4.80. The largest absolute Gasteiger partial charge is 0.478 e. The fraction of sp³-hybridized carbons (Fsp3) is 0.294. The Balaban J connectivity index is 1.99. The van der Waals surface area contributed by atoms with Gasteiger partial charge in [0.25, 0.3) is 0 Å². The number of carboxylic acid groups (broad SMARTS) is 1. The Hall–Kier alpha value is -2.96. The normalized spacial score (nSPS) is 15.3. The Morgan fingerprint density at radius 2 is 2.00 bits per heavy atom. The van der Waals surface area contributed by atoms with Gasteiger partial charge in [-0.2, -0.15) is 4.98 Å². The number of nitrogens with zero attached hydrogens (tertiary/aromatic N) is 2. The number of aromatic nitrogens is 2. The molecule has 3 aromatic heterocycles. The molecule has 1 aliphatic carbocycles. The second-order valence-corrected chi connectivity index (χ2v) is 6.07. The minimum atomic E-state index is -1.24. The number of pyridine rings is 2. The molecule has 0 aliphatic heterocycles. The van der Waals surface area contributed by atoms with Gasteiger partial charge in [-0.25, -0.2) is 9.78 Å². The summed E-state index contributed by atoms with van der Waals surface area (Å²) in [5.41, 5.74) is 6.44. The SMILES string of the molecule is Nc1nc2oc3ccc(C4CCCC4)nc3c(=O)c2cc1C(=O)O. The zero-order valence-electron chi connectivity index (χ0n) is 12.8. The average Bonchev–Trinajstić information content (AvgIpc) is 3.08. The molecule has 0 aromatic carbocycles. The van der Waals surface area contributed by atoms with Gasteiger partial charge < -0.3 is 15.3 Å². The lowest BCUT2D eigenvalue weighted by molar-refractivity contribution is 0.0698. The molecule has 122 valence electrons. The molecule has 1 fully saturated rings. The van der Waals surface area contributed by atoms with Crippen molar-refractivity contribution in [2.75, 3.05) is 5.73 Å². The van der Waals surface area contributed by atoms with Gasteiger partial charge in [-0.05, 0) is 31.0 Å². The van der Waals surface area contributed by atoms with Crippen LogP contribution in [0, 0.1) is 0 Å². The van der Waals surface area contributed by atoms with Gasteiger partial charge in [-0.3, -0.25) is 4.79 Å². The van der Waals surface area contributed by atoms with Crippen LogP contribution in [0.25, 0.3) is 22.2 Å². The van der Waals surface area contributed by atoms with Crippen LogP contribution in [0.2, 0.25) is 0 Å². The molecule has 3 aromatic rings. The molecule has 0 atom stereocenters. The summed E-state index contributed by atoms with van der Waals surface area (Å²) in [6.07, 6.45) is 4.47. The van der Waals surface area contributed by atoms with Crippen LogP contribution >= 0.6 is 0 Å². The molecule has 24 heavy (non-hydrogen) atoms. The van der Waals surface area contributed by atoms with Crippen molar-refractivity contribution in [3.8, 4) is 0 Å². The van der Waals surface area contributed by atoms with Crippen LogP contribution in [0.4, 0.5) is 5.82 Å². The van der Waals surface area contributed by atoms with E-state index in [9.17, 15) is 9.59 Å². The van der Waals surface area contributed by atoms with E-state index >= 15 is 0 Å². The first-order valence-electron chi connectivity index (χ1n) is 7.82. The van der Waals surface area contributed by atoms with Gasteiger partial charge in [0.2, 0.25) is 11.1 Å². The Morgan fingerprint density at radius 3 is 2.71 bits per heavy atom. The molecule has 7 nitrogen and oxygen atoms in total. The third-order valence-corrected chi connectivity index (χ3v) is 4.57. The van der Waals surface area contributed by atoms with E-state index in [2.05, 4.69) is 9.97 Å². The fourth-order valence-electron chi connectivity index (χ4n) is 3.31. The Kier molecular flexibility index (Phi) is 3.23. The van der Waals surface area contributed by atoms with E-state index in [0.29, 0.717) is 11.5 Å². The molecular weight excluding hydrogens is 310 g/mol. The number of carbonyl (C=O) groups is 1. The van der Waals surface area contributed by atoms with E-state index in [4.69, 9.17) is 15.3 Å². The Morgan fingerprint density at radius 1 is 1.25 bits per heavy atom. The number of aromatic carboxylic acids is 1. The van der Waals surface area contributed by atoms with Gasteiger partial charge in [-0.15, -0.1) is 0 Å². The number of carboxylic acids is 1. The van der Waals surface area contributed by atoms with Crippen molar-refractivity contribution in [3.05, 3.63) is 39.7 Å². The standard InChI is InChI=1S/C17H15N3O4/c18-15-10(17(22)23)7-9-14(21)13-12(24-16(9)20-15)6-5-11(19-13)8-3-1-2-4-8/h5-8H,1-4H2,(H2,18,20)(H,22,23). The topological polar surface area (TPSA) is 119 Å². The summed E-state index contributed by atoms with van der Waals surface area (Å²) in [5.74, 6) is -1.06. The maximum Gasteiger partial charge on any atom is 0.339 e. The zero-order chi connectivity index (χ0) is 16.8. The molecule has 0 unspecified atom stereocenters. The monoisotopic (exact) mass is 325 g/mol. The number of hydrogen-bond acceptors (Lipinski definition) is 6. The average molecular weight is 325 g/mol. The van der Waals surface area contributed by atoms with Crippen LogP contribution in [-0.4, -0.2) is 21.0 Å².